The summed E-state index contributed by atoms with van der Waals surface area (Å²) in [7, 11) is 0. The number of pyridine rings is 1. The molecule has 142 valence electrons. The van der Waals surface area contributed by atoms with Crippen LogP contribution < -0.4 is 4.90 Å². The van der Waals surface area contributed by atoms with Gasteiger partial charge in [0, 0.05) is 36.7 Å². The lowest BCUT2D eigenvalue weighted by Crippen LogP contribution is -2.35. The molecule has 28 heavy (non-hydrogen) atoms. The van der Waals surface area contributed by atoms with Gasteiger partial charge in [-0.25, -0.2) is 0 Å². The van der Waals surface area contributed by atoms with Gasteiger partial charge in [0.05, 0.1) is 5.25 Å². The zero-order valence-electron chi connectivity index (χ0n) is 15.7. The number of anilines is 1. The van der Waals surface area contributed by atoms with Crippen molar-refractivity contribution in [1.82, 2.24) is 19.7 Å². The van der Waals surface area contributed by atoms with E-state index in [9.17, 15) is 4.79 Å². The average molecular weight is 392 g/mol. The maximum atomic E-state index is 13.1. The number of carbonyl (C=O) groups is 1. The molecular formula is C21H21N5OS. The fourth-order valence-corrected chi connectivity index (χ4v) is 4.30. The highest BCUT2D eigenvalue weighted by molar-refractivity contribution is 8.00. The number of rotatable bonds is 6. The highest BCUT2D eigenvalue weighted by Crippen LogP contribution is 2.32. The number of benzene rings is 1. The quantitative estimate of drug-likeness (QED) is 0.475. The molecule has 0 bridgehead atoms. The fourth-order valence-electron chi connectivity index (χ4n) is 3.38. The first kappa shape index (κ1) is 18.4. The first-order valence-electron chi connectivity index (χ1n) is 9.19. The van der Waals surface area contributed by atoms with E-state index < -0.39 is 0 Å². The number of para-hydroxylation sites is 1. The minimum atomic E-state index is -0.274. The first-order chi connectivity index (χ1) is 13.7. The van der Waals surface area contributed by atoms with Gasteiger partial charge in [0.2, 0.25) is 5.91 Å². The molecule has 1 aliphatic rings. The molecule has 6 nitrogen and oxygen atoms in total. The topological polar surface area (TPSA) is 63.9 Å². The third-order valence-corrected chi connectivity index (χ3v) is 5.82. The van der Waals surface area contributed by atoms with Crippen LogP contribution in [0, 0.1) is 0 Å². The molecule has 3 aromatic rings. The van der Waals surface area contributed by atoms with Crippen molar-refractivity contribution in [3.05, 3.63) is 67.0 Å². The lowest BCUT2D eigenvalue weighted by atomic mass is 10.2. The molecular weight excluding hydrogens is 370 g/mol. The molecule has 0 spiro atoms. The van der Waals surface area contributed by atoms with Gasteiger partial charge in [-0.2, -0.15) is 0 Å². The van der Waals surface area contributed by atoms with Crippen LogP contribution in [0.25, 0.3) is 11.4 Å². The number of aromatic nitrogens is 4. The van der Waals surface area contributed by atoms with Crippen molar-refractivity contribution in [2.45, 2.75) is 30.3 Å². The summed E-state index contributed by atoms with van der Waals surface area (Å²) in [6.45, 7) is 7.06. The van der Waals surface area contributed by atoms with Crippen LogP contribution in [0.15, 0.2) is 66.6 Å². The van der Waals surface area contributed by atoms with Gasteiger partial charge in [0.1, 0.15) is 0 Å². The fraction of sp³-hybridized carbons (Fsp3) is 0.238. The van der Waals surface area contributed by atoms with E-state index in [1.807, 2.05) is 46.7 Å². The maximum absolute atomic E-state index is 13.1. The smallest absolute Gasteiger partial charge is 0.240 e. The molecule has 7 heteroatoms. The van der Waals surface area contributed by atoms with E-state index in [1.54, 1.807) is 18.5 Å². The molecule has 2 aromatic heterocycles. The highest BCUT2D eigenvalue weighted by Gasteiger charge is 2.29. The summed E-state index contributed by atoms with van der Waals surface area (Å²) < 4.78 is 1.98. The lowest BCUT2D eigenvalue weighted by molar-refractivity contribution is -0.117. The number of carbonyl (C=O) groups excluding carboxylic acids is 1. The largest absolute Gasteiger partial charge is 0.311 e. The van der Waals surface area contributed by atoms with Gasteiger partial charge in [-0.1, -0.05) is 36.0 Å². The van der Waals surface area contributed by atoms with E-state index in [0.29, 0.717) is 11.7 Å². The summed E-state index contributed by atoms with van der Waals surface area (Å²) >= 11 is 1.43. The van der Waals surface area contributed by atoms with E-state index >= 15 is 0 Å². The van der Waals surface area contributed by atoms with Crippen LogP contribution in [0.1, 0.15) is 12.5 Å². The van der Waals surface area contributed by atoms with Gasteiger partial charge < -0.3 is 4.90 Å². The third-order valence-electron chi connectivity index (χ3n) is 4.75. The van der Waals surface area contributed by atoms with Crippen molar-refractivity contribution in [3.8, 4) is 11.4 Å². The molecule has 0 N–H and O–H groups in total. The molecule has 0 unspecified atom stereocenters. The minimum absolute atomic E-state index is 0.0913. The second-order valence-electron chi connectivity index (χ2n) is 6.57. The van der Waals surface area contributed by atoms with Crippen LogP contribution in [-0.2, 0) is 17.8 Å². The summed E-state index contributed by atoms with van der Waals surface area (Å²) in [4.78, 5) is 19.0. The van der Waals surface area contributed by atoms with Crippen LogP contribution in [0.2, 0.25) is 0 Å². The second kappa shape index (κ2) is 7.98. The molecule has 0 radical (unpaired) electrons. The Labute approximate surface area is 168 Å². The Hall–Kier alpha value is -2.93. The second-order valence-corrected chi connectivity index (χ2v) is 7.88. The highest BCUT2D eigenvalue weighted by atomic mass is 32.2. The zero-order valence-corrected chi connectivity index (χ0v) is 16.5. The lowest BCUT2D eigenvalue weighted by Gasteiger charge is -2.21. The molecule has 1 atom stereocenters. The van der Waals surface area contributed by atoms with Crippen molar-refractivity contribution in [2.75, 3.05) is 11.4 Å². The third kappa shape index (κ3) is 3.45. The van der Waals surface area contributed by atoms with Crippen LogP contribution in [-0.4, -0.2) is 37.5 Å². The summed E-state index contributed by atoms with van der Waals surface area (Å²) in [5.74, 6) is 0.838. The van der Waals surface area contributed by atoms with Gasteiger partial charge in [-0.05, 0) is 37.1 Å². The van der Waals surface area contributed by atoms with Crippen molar-refractivity contribution >= 4 is 23.4 Å². The molecule has 4 rings (SSSR count). The van der Waals surface area contributed by atoms with E-state index in [-0.39, 0.29) is 11.2 Å². The van der Waals surface area contributed by atoms with Crippen LogP contribution in [0.4, 0.5) is 5.69 Å². The van der Waals surface area contributed by atoms with Crippen molar-refractivity contribution in [2.24, 2.45) is 0 Å². The molecule has 0 fully saturated rings. The Morgan fingerprint density at radius 1 is 1.25 bits per heavy atom. The molecule has 0 aliphatic carbocycles. The monoisotopic (exact) mass is 391 g/mol. The van der Waals surface area contributed by atoms with E-state index in [0.717, 1.165) is 30.0 Å². The summed E-state index contributed by atoms with van der Waals surface area (Å²) in [6, 6.07) is 11.9. The number of hydrogen-bond acceptors (Lipinski definition) is 5. The van der Waals surface area contributed by atoms with Gasteiger partial charge in [-0.3, -0.25) is 14.3 Å². The zero-order chi connectivity index (χ0) is 19.5. The predicted octanol–water partition coefficient (Wildman–Crippen LogP) is 3.60. The van der Waals surface area contributed by atoms with Gasteiger partial charge >= 0.3 is 0 Å². The number of nitrogens with zero attached hydrogens (tertiary/aromatic N) is 5. The molecule has 0 saturated carbocycles. The first-order valence-corrected chi connectivity index (χ1v) is 10.1. The Kier molecular flexibility index (Phi) is 5.25. The minimum Gasteiger partial charge on any atom is -0.311 e. The normalized spacial score (nSPS) is 14.0. The number of allylic oxidation sites excluding steroid dienone is 1. The number of hydrogen-bond donors (Lipinski definition) is 0. The summed E-state index contributed by atoms with van der Waals surface area (Å²) in [6.07, 6.45) is 6.16. The Balaban J connectivity index is 1.56. The van der Waals surface area contributed by atoms with Crippen molar-refractivity contribution in [3.63, 3.8) is 0 Å². The number of amides is 1. The maximum Gasteiger partial charge on any atom is 0.240 e. The van der Waals surface area contributed by atoms with Crippen LogP contribution in [0.5, 0.6) is 0 Å². The van der Waals surface area contributed by atoms with Gasteiger partial charge in [-0.15, -0.1) is 16.8 Å². The molecule has 1 aliphatic heterocycles. The standard InChI is InChI=1S/C21H21N5OS/c1-3-13-26-19(17-8-11-22-12-9-17)23-24-21(26)28-15(2)20(27)25-14-10-16-6-4-5-7-18(16)25/h3-9,11-12,15H,1,10,13-14H2,2H3/t15-/m0/s1. The Morgan fingerprint density at radius 2 is 2.04 bits per heavy atom. The average Bonchev–Trinajstić information content (AvgIpc) is 3.33. The Bertz CT molecular complexity index is 1000. The SMILES string of the molecule is C=CCn1c(S[C@@H](C)C(=O)N2CCc3ccccc32)nnc1-c1ccncc1. The van der Waals surface area contributed by atoms with Crippen molar-refractivity contribution in [1.29, 1.82) is 0 Å². The van der Waals surface area contributed by atoms with Crippen LogP contribution >= 0.6 is 11.8 Å². The van der Waals surface area contributed by atoms with Gasteiger partial charge in [0.25, 0.3) is 0 Å². The Morgan fingerprint density at radius 3 is 2.82 bits per heavy atom. The number of fused-ring (bicyclic) bond motifs is 1. The van der Waals surface area contributed by atoms with Gasteiger partial charge in [0.15, 0.2) is 11.0 Å². The van der Waals surface area contributed by atoms with Crippen molar-refractivity contribution < 1.29 is 4.79 Å². The summed E-state index contributed by atoms with van der Waals surface area (Å²) in [5.41, 5.74) is 3.18. The molecule has 3 heterocycles. The number of thioether (sulfide) groups is 1. The van der Waals surface area contributed by atoms with Crippen LogP contribution in [0.3, 0.4) is 0 Å². The molecule has 1 aromatic carbocycles. The predicted molar refractivity (Wildman–Crippen MR) is 111 cm³/mol. The molecule has 0 saturated heterocycles. The van der Waals surface area contributed by atoms with E-state index in [1.165, 1.54) is 17.3 Å². The molecule has 1 amide bonds. The van der Waals surface area contributed by atoms with E-state index in [4.69, 9.17) is 0 Å². The van der Waals surface area contributed by atoms with E-state index in [2.05, 4.69) is 27.8 Å². The summed E-state index contributed by atoms with van der Waals surface area (Å²) in [5, 5.41) is 9.12.